The third-order valence-corrected chi connectivity index (χ3v) is 11.9. The van der Waals surface area contributed by atoms with E-state index in [0.717, 1.165) is 18.6 Å². The van der Waals surface area contributed by atoms with Gasteiger partial charge in [-0.25, -0.2) is 18.2 Å². The summed E-state index contributed by atoms with van der Waals surface area (Å²) in [6.45, 7) is 2.36. The molecule has 6 N–H and O–H groups in total. The summed E-state index contributed by atoms with van der Waals surface area (Å²) >= 11 is 0.603. The molecule has 3 atom stereocenters. The maximum atomic E-state index is 17.3. The number of nitrogen functional groups attached to an aromatic ring is 2. The molecule has 1 amide bonds. The highest BCUT2D eigenvalue weighted by atomic mass is 32.1. The predicted octanol–water partition coefficient (Wildman–Crippen LogP) is 7.31. The number of rotatable bonds is 11. The average Bonchev–Trinajstić information content (AvgIpc) is 3.80. The number of phenolic OH excluding ortho intramolecular Hbond substituents is 1. The van der Waals surface area contributed by atoms with Crippen LogP contribution in [0.1, 0.15) is 61.8 Å². The molecule has 0 unspecified atom stereocenters. The summed E-state index contributed by atoms with van der Waals surface area (Å²) in [5.41, 5.74) is 7.09. The molecule has 57 heavy (non-hydrogen) atoms. The molecule has 3 aromatic heterocycles. The molecule has 2 fully saturated rings. The Morgan fingerprint density at radius 2 is 2.02 bits per heavy atom. The average molecular weight is 814 g/mol. The van der Waals surface area contributed by atoms with Gasteiger partial charge >= 0.3 is 12.2 Å². The summed E-state index contributed by atoms with van der Waals surface area (Å²) in [5.74, 6) is -4.57. The minimum atomic E-state index is -5.43. The molecule has 0 bridgehead atoms. The smallest absolute Gasteiger partial charge is 0.420 e. The van der Waals surface area contributed by atoms with E-state index >= 15 is 22.0 Å². The van der Waals surface area contributed by atoms with Crippen molar-refractivity contribution in [2.45, 2.75) is 63.0 Å². The van der Waals surface area contributed by atoms with Crippen LogP contribution in [0.4, 0.5) is 43.0 Å². The Labute approximate surface area is 326 Å². The lowest BCUT2D eigenvalue weighted by Crippen LogP contribution is -2.43. The topological polar surface area (TPSA) is 180 Å². The van der Waals surface area contributed by atoms with Gasteiger partial charge in [0.2, 0.25) is 5.91 Å². The van der Waals surface area contributed by atoms with E-state index in [1.807, 2.05) is 4.90 Å². The molecule has 0 aliphatic carbocycles. The Hall–Kier alpha value is -5.61. The number of nitrogens with zero attached hydrogens (tertiary/aromatic N) is 6. The van der Waals surface area contributed by atoms with Gasteiger partial charge in [0.25, 0.3) is 0 Å². The Balaban J connectivity index is 1.46. The zero-order chi connectivity index (χ0) is 41.0. The molecular weight excluding hydrogens is 777 g/mol. The fourth-order valence-corrected chi connectivity index (χ4v) is 8.98. The van der Waals surface area contributed by atoms with Crippen LogP contribution in [-0.2, 0) is 11.0 Å². The number of halogens is 6. The Kier molecular flexibility index (Phi) is 10.5. The van der Waals surface area contributed by atoms with Gasteiger partial charge in [-0.15, -0.1) is 11.3 Å². The van der Waals surface area contributed by atoms with E-state index in [9.17, 15) is 19.6 Å². The molecule has 2 aliphatic rings. The lowest BCUT2D eigenvalue weighted by atomic mass is 9.91. The number of carbonyl (C=O) groups is 1. The Morgan fingerprint density at radius 3 is 2.72 bits per heavy atom. The van der Waals surface area contributed by atoms with Crippen molar-refractivity contribution < 1.29 is 41.0 Å². The number of ether oxygens (including phenoxy) is 1. The van der Waals surface area contributed by atoms with Crippen LogP contribution in [0.3, 0.4) is 0 Å². The van der Waals surface area contributed by atoms with Gasteiger partial charge < -0.3 is 31.5 Å². The van der Waals surface area contributed by atoms with E-state index in [1.54, 1.807) is 25.2 Å². The highest BCUT2D eigenvalue weighted by molar-refractivity contribution is 7.23. The van der Waals surface area contributed by atoms with Crippen LogP contribution in [0.25, 0.3) is 32.1 Å². The van der Waals surface area contributed by atoms with Crippen molar-refractivity contribution in [2.24, 2.45) is 0 Å². The molecule has 5 aromatic rings. The van der Waals surface area contributed by atoms with Gasteiger partial charge in [0.15, 0.2) is 5.82 Å². The SMILES string of the molecule is CC(=O)N(C)CCC[C@@H](Nc1nc(OC[C@@]23CCCN2C[C@H](F)C3)nc2c(F)c(-c3ccc(F)c4sc(N)c(C#N)c34)c(C(F)(F)F)c(O)c12)c1cccnc1N. The number of benzene rings is 2. The number of nitrogens with one attached hydrogen (secondary N) is 1. The van der Waals surface area contributed by atoms with E-state index in [2.05, 4.69) is 20.3 Å². The number of carbonyl (C=O) groups excluding carboxylic acids is 1. The number of nitrogens with two attached hydrogens (primary N) is 2. The van der Waals surface area contributed by atoms with Gasteiger partial charge in [0, 0.05) is 56.2 Å². The maximum Gasteiger partial charge on any atom is 0.420 e. The molecule has 0 spiro atoms. The standard InChI is InChI=1S/C38H37F6N9O3S/c1-18(54)52(2)12-4-7-24(20-6-3-11-48-33(20)46)49-35-27-30(50-36(51-35)56-17-37-10-5-13-53(37)16-19(39)14-37)29(41)26(28(31(27)55)38(42,43)44)21-8-9-23(40)32-25(21)22(15-45)34(47)57-32/h3,6,8-9,11,19,24,55H,4-5,7,10,12-14,16-17,47H2,1-2H3,(H2,46,48)(H,49,50,51)/t19-,24-,37+/m1/s1. The molecule has 2 aliphatic heterocycles. The number of alkyl halides is 4. The quantitative estimate of drug-likeness (QED) is 0.0983. The van der Waals surface area contributed by atoms with Gasteiger partial charge in [-0.05, 0) is 49.9 Å². The molecule has 2 aromatic carbocycles. The van der Waals surface area contributed by atoms with Crippen molar-refractivity contribution in [3.8, 4) is 29.0 Å². The first-order valence-electron chi connectivity index (χ1n) is 18.0. The van der Waals surface area contributed by atoms with Gasteiger partial charge in [-0.2, -0.15) is 28.4 Å². The second-order valence-electron chi connectivity index (χ2n) is 14.4. The fraction of sp³-hybridized carbons (Fsp3) is 0.395. The van der Waals surface area contributed by atoms with Crippen molar-refractivity contribution >= 4 is 54.9 Å². The van der Waals surface area contributed by atoms with Crippen molar-refractivity contribution in [3.05, 3.63) is 58.8 Å². The van der Waals surface area contributed by atoms with Gasteiger partial charge in [0.1, 0.15) is 58.1 Å². The van der Waals surface area contributed by atoms with E-state index in [-0.39, 0.29) is 64.9 Å². The van der Waals surface area contributed by atoms with Crippen molar-refractivity contribution in [3.63, 3.8) is 0 Å². The first kappa shape index (κ1) is 39.6. The number of anilines is 3. The van der Waals surface area contributed by atoms with Crippen LogP contribution >= 0.6 is 11.3 Å². The highest BCUT2D eigenvalue weighted by Gasteiger charge is 2.49. The number of amides is 1. The molecule has 12 nitrogen and oxygen atoms in total. The lowest BCUT2D eigenvalue weighted by Gasteiger charge is -2.31. The van der Waals surface area contributed by atoms with Crippen LogP contribution in [0.15, 0.2) is 30.5 Å². The lowest BCUT2D eigenvalue weighted by molar-refractivity contribution is -0.138. The number of phenols is 1. The summed E-state index contributed by atoms with van der Waals surface area (Å²) in [6.07, 6.45) is -3.06. The molecule has 0 saturated carbocycles. The molecule has 7 rings (SSSR count). The first-order chi connectivity index (χ1) is 27.0. The van der Waals surface area contributed by atoms with E-state index in [0.29, 0.717) is 36.3 Å². The largest absolute Gasteiger partial charge is 0.506 e. The summed E-state index contributed by atoms with van der Waals surface area (Å²) in [5, 5.41) is 23.3. The maximum absolute atomic E-state index is 17.3. The monoisotopic (exact) mass is 813 g/mol. The molecule has 2 saturated heterocycles. The summed E-state index contributed by atoms with van der Waals surface area (Å²) < 4.78 is 98.6. The van der Waals surface area contributed by atoms with Gasteiger partial charge in [0.05, 0.1) is 27.2 Å². The molecule has 0 radical (unpaired) electrons. The number of nitriles is 1. The minimum absolute atomic E-state index is 0.0597. The van der Waals surface area contributed by atoms with Crippen molar-refractivity contribution in [1.82, 2.24) is 24.8 Å². The number of hydrogen-bond acceptors (Lipinski definition) is 12. The minimum Gasteiger partial charge on any atom is -0.506 e. The first-order valence-corrected chi connectivity index (χ1v) is 18.8. The molecule has 300 valence electrons. The van der Waals surface area contributed by atoms with Crippen molar-refractivity contribution in [1.29, 1.82) is 5.26 Å². The van der Waals surface area contributed by atoms with Gasteiger partial charge in [-0.3, -0.25) is 9.69 Å². The third-order valence-electron chi connectivity index (χ3n) is 10.8. The number of aromatic nitrogens is 3. The summed E-state index contributed by atoms with van der Waals surface area (Å²) in [4.78, 5) is 28.1. The normalized spacial score (nSPS) is 18.8. The van der Waals surface area contributed by atoms with Crippen molar-refractivity contribution in [2.75, 3.05) is 50.1 Å². The zero-order valence-electron chi connectivity index (χ0n) is 30.7. The third kappa shape index (κ3) is 7.16. The zero-order valence-corrected chi connectivity index (χ0v) is 31.5. The predicted molar refractivity (Wildman–Crippen MR) is 202 cm³/mol. The summed E-state index contributed by atoms with van der Waals surface area (Å²) in [6, 6.07) is 5.30. The fourth-order valence-electron chi connectivity index (χ4n) is 8.03. The van der Waals surface area contributed by atoms with Crippen LogP contribution < -0.4 is 21.5 Å². The van der Waals surface area contributed by atoms with Crippen LogP contribution in [0, 0.1) is 23.0 Å². The van der Waals surface area contributed by atoms with Crippen LogP contribution in [-0.4, -0.2) is 80.8 Å². The van der Waals surface area contributed by atoms with Gasteiger partial charge in [-0.1, -0.05) is 12.1 Å². The molecule has 19 heteroatoms. The Morgan fingerprint density at radius 1 is 1.25 bits per heavy atom. The highest BCUT2D eigenvalue weighted by Crippen LogP contribution is 2.52. The summed E-state index contributed by atoms with van der Waals surface area (Å²) in [7, 11) is 1.60. The van der Waals surface area contributed by atoms with E-state index < -0.39 is 80.7 Å². The molecular formula is C38H37F6N9O3S. The van der Waals surface area contributed by atoms with E-state index in [4.69, 9.17) is 16.2 Å². The second-order valence-corrected chi connectivity index (χ2v) is 15.4. The number of pyridine rings is 1. The Bertz CT molecular complexity index is 2440. The van der Waals surface area contributed by atoms with Crippen LogP contribution in [0.5, 0.6) is 11.8 Å². The number of aromatic hydroxyl groups is 1. The van der Waals surface area contributed by atoms with Crippen LogP contribution in [0.2, 0.25) is 0 Å². The number of thiophene rings is 1. The number of fused-ring (bicyclic) bond motifs is 3. The number of hydrogen-bond donors (Lipinski definition) is 4. The van der Waals surface area contributed by atoms with E-state index in [1.165, 1.54) is 18.0 Å². The molecule has 5 heterocycles. The second kappa shape index (κ2) is 15.0.